The molecule has 0 aliphatic carbocycles. The van der Waals surface area contributed by atoms with Crippen LogP contribution in [0.25, 0.3) is 11.4 Å². The lowest BCUT2D eigenvalue weighted by atomic mass is 10.1. The van der Waals surface area contributed by atoms with Crippen LogP contribution in [0.3, 0.4) is 0 Å². The van der Waals surface area contributed by atoms with Gasteiger partial charge in [-0.25, -0.2) is 4.79 Å². The minimum Gasteiger partial charge on any atom is -0.324 e. The molecule has 0 bridgehead atoms. The van der Waals surface area contributed by atoms with Gasteiger partial charge < -0.3 is 9.88 Å². The van der Waals surface area contributed by atoms with Crippen LogP contribution < -0.4 is 16.6 Å². The zero-order valence-corrected chi connectivity index (χ0v) is 16.1. The molecule has 2 N–H and O–H groups in total. The molecule has 0 radical (unpaired) electrons. The van der Waals surface area contributed by atoms with E-state index in [2.05, 4.69) is 25.1 Å². The molecular formula is C20H22N6O3. The first kappa shape index (κ1) is 18.9. The van der Waals surface area contributed by atoms with Crippen LogP contribution >= 0.6 is 0 Å². The van der Waals surface area contributed by atoms with Gasteiger partial charge in [0.15, 0.2) is 5.82 Å². The number of benzene rings is 1. The highest BCUT2D eigenvalue weighted by molar-refractivity contribution is 5.92. The Labute approximate surface area is 166 Å². The van der Waals surface area contributed by atoms with Gasteiger partial charge in [-0.05, 0) is 31.4 Å². The summed E-state index contributed by atoms with van der Waals surface area (Å²) in [5.41, 5.74) is 1.31. The molecule has 0 spiro atoms. The fourth-order valence-corrected chi connectivity index (χ4v) is 3.51. The third-order valence-electron chi connectivity index (χ3n) is 5.09. The van der Waals surface area contributed by atoms with Crippen LogP contribution in [0.4, 0.5) is 5.69 Å². The molecule has 9 heteroatoms. The number of aromatic nitrogens is 5. The highest BCUT2D eigenvalue weighted by Crippen LogP contribution is 2.26. The number of aromatic amines is 1. The summed E-state index contributed by atoms with van der Waals surface area (Å²) in [7, 11) is 0. The molecule has 4 rings (SSSR count). The summed E-state index contributed by atoms with van der Waals surface area (Å²) in [5.74, 6) is 1.44. The van der Waals surface area contributed by atoms with Crippen LogP contribution in [0.2, 0.25) is 0 Å². The van der Waals surface area contributed by atoms with E-state index in [9.17, 15) is 14.4 Å². The summed E-state index contributed by atoms with van der Waals surface area (Å²) in [6, 6.07) is 6.98. The fourth-order valence-electron chi connectivity index (χ4n) is 3.51. The molecule has 1 aliphatic rings. The van der Waals surface area contributed by atoms with E-state index in [1.807, 2.05) is 25.1 Å². The molecule has 150 valence electrons. The number of rotatable bonds is 4. The van der Waals surface area contributed by atoms with Gasteiger partial charge in [-0.3, -0.25) is 19.1 Å². The van der Waals surface area contributed by atoms with Crippen molar-refractivity contribution < 1.29 is 4.79 Å². The predicted octanol–water partition coefficient (Wildman–Crippen LogP) is 1.47. The Balaban J connectivity index is 1.57. The van der Waals surface area contributed by atoms with Crippen LogP contribution in [0.15, 0.2) is 40.1 Å². The Kier molecular flexibility index (Phi) is 5.11. The number of carbonyl (C=O) groups is 1. The highest BCUT2D eigenvalue weighted by atomic mass is 16.2. The molecule has 0 atom stereocenters. The number of anilines is 1. The molecule has 0 unspecified atom stereocenters. The Morgan fingerprint density at radius 3 is 2.86 bits per heavy atom. The quantitative estimate of drug-likeness (QED) is 0.695. The first-order valence-electron chi connectivity index (χ1n) is 9.64. The topological polar surface area (TPSA) is 115 Å². The SMILES string of the molecule is Cc1ccc(-c2nnc3n2CCCCC3)cc1NC(=O)Cn1ccc(=O)[nH]c1=O. The second kappa shape index (κ2) is 7.86. The van der Waals surface area contributed by atoms with E-state index < -0.39 is 11.2 Å². The fraction of sp³-hybridized carbons (Fsp3) is 0.350. The Morgan fingerprint density at radius 2 is 2.03 bits per heavy atom. The van der Waals surface area contributed by atoms with Crippen molar-refractivity contribution in [3.63, 3.8) is 0 Å². The number of amides is 1. The van der Waals surface area contributed by atoms with Crippen LogP contribution in [-0.2, 0) is 24.3 Å². The molecule has 1 aliphatic heterocycles. The summed E-state index contributed by atoms with van der Waals surface area (Å²) < 4.78 is 3.30. The van der Waals surface area contributed by atoms with E-state index >= 15 is 0 Å². The second-order valence-electron chi connectivity index (χ2n) is 7.22. The zero-order valence-electron chi connectivity index (χ0n) is 16.1. The van der Waals surface area contributed by atoms with Crippen molar-refractivity contribution in [2.45, 2.75) is 45.7 Å². The third kappa shape index (κ3) is 4.03. The lowest BCUT2D eigenvalue weighted by molar-refractivity contribution is -0.116. The molecule has 3 heterocycles. The van der Waals surface area contributed by atoms with Gasteiger partial charge in [0.1, 0.15) is 12.4 Å². The molecule has 0 saturated carbocycles. The molecule has 29 heavy (non-hydrogen) atoms. The second-order valence-corrected chi connectivity index (χ2v) is 7.22. The van der Waals surface area contributed by atoms with Crippen LogP contribution in [0, 0.1) is 6.92 Å². The maximum atomic E-state index is 12.5. The number of aryl methyl sites for hydroxylation is 2. The van der Waals surface area contributed by atoms with Crippen molar-refractivity contribution in [1.29, 1.82) is 0 Å². The third-order valence-corrected chi connectivity index (χ3v) is 5.09. The average molecular weight is 394 g/mol. The molecule has 0 saturated heterocycles. The summed E-state index contributed by atoms with van der Waals surface area (Å²) >= 11 is 0. The number of fused-ring (bicyclic) bond motifs is 1. The van der Waals surface area contributed by atoms with Gasteiger partial charge >= 0.3 is 5.69 Å². The smallest absolute Gasteiger partial charge is 0.324 e. The number of nitrogens with zero attached hydrogens (tertiary/aromatic N) is 4. The van der Waals surface area contributed by atoms with E-state index in [4.69, 9.17) is 0 Å². The van der Waals surface area contributed by atoms with Crippen molar-refractivity contribution in [2.75, 3.05) is 5.32 Å². The van der Waals surface area contributed by atoms with E-state index in [0.717, 1.165) is 53.2 Å². The van der Waals surface area contributed by atoms with Crippen molar-refractivity contribution in [2.24, 2.45) is 0 Å². The molecule has 0 fully saturated rings. The van der Waals surface area contributed by atoms with Gasteiger partial charge in [-0.15, -0.1) is 10.2 Å². The summed E-state index contributed by atoms with van der Waals surface area (Å²) in [5, 5.41) is 11.6. The minimum absolute atomic E-state index is 0.195. The molecule has 3 aromatic rings. The standard InChI is InChI=1S/C20H22N6O3/c1-13-6-7-14(19-24-23-16-5-3-2-4-9-26(16)19)11-15(13)21-18(28)12-25-10-8-17(27)22-20(25)29/h6-8,10-11H,2-5,9,12H2,1H3,(H,21,28)(H,22,27,29). The summed E-state index contributed by atoms with van der Waals surface area (Å²) in [4.78, 5) is 37.5. The highest BCUT2D eigenvalue weighted by Gasteiger charge is 2.17. The number of carbonyl (C=O) groups excluding carboxylic acids is 1. The maximum absolute atomic E-state index is 12.5. The van der Waals surface area contributed by atoms with Gasteiger partial charge in [0, 0.05) is 36.5 Å². The van der Waals surface area contributed by atoms with Gasteiger partial charge in [-0.1, -0.05) is 18.6 Å². The van der Waals surface area contributed by atoms with Gasteiger partial charge in [-0.2, -0.15) is 0 Å². The van der Waals surface area contributed by atoms with Crippen LogP contribution in [0.5, 0.6) is 0 Å². The van der Waals surface area contributed by atoms with Crippen molar-refractivity contribution >= 4 is 11.6 Å². The van der Waals surface area contributed by atoms with Gasteiger partial charge in [0.25, 0.3) is 5.56 Å². The number of nitrogens with one attached hydrogen (secondary N) is 2. The Hall–Kier alpha value is -3.49. The van der Waals surface area contributed by atoms with E-state index in [0.29, 0.717) is 5.69 Å². The van der Waals surface area contributed by atoms with Crippen molar-refractivity contribution in [1.82, 2.24) is 24.3 Å². The predicted molar refractivity (Wildman–Crippen MR) is 108 cm³/mol. The maximum Gasteiger partial charge on any atom is 0.328 e. The van der Waals surface area contributed by atoms with Crippen molar-refractivity contribution in [3.8, 4) is 11.4 Å². The molecule has 2 aromatic heterocycles. The first-order chi connectivity index (χ1) is 14.0. The van der Waals surface area contributed by atoms with Crippen molar-refractivity contribution in [3.05, 3.63) is 62.7 Å². The Bertz CT molecular complexity index is 1170. The molecular weight excluding hydrogens is 372 g/mol. The van der Waals surface area contributed by atoms with E-state index in [1.54, 1.807) is 0 Å². The summed E-state index contributed by atoms with van der Waals surface area (Å²) in [6.45, 7) is 2.60. The van der Waals surface area contributed by atoms with Crippen LogP contribution in [-0.4, -0.2) is 30.2 Å². The number of hydrogen-bond donors (Lipinski definition) is 2. The zero-order chi connectivity index (χ0) is 20.4. The molecule has 9 nitrogen and oxygen atoms in total. The van der Waals surface area contributed by atoms with E-state index in [-0.39, 0.29) is 12.5 Å². The minimum atomic E-state index is -0.621. The average Bonchev–Trinajstić information content (AvgIpc) is 2.94. The Morgan fingerprint density at radius 1 is 1.17 bits per heavy atom. The lowest BCUT2D eigenvalue weighted by Crippen LogP contribution is -2.32. The number of H-pyrrole nitrogens is 1. The molecule has 1 amide bonds. The molecule has 1 aromatic carbocycles. The van der Waals surface area contributed by atoms with Gasteiger partial charge in [0.05, 0.1) is 0 Å². The van der Waals surface area contributed by atoms with E-state index in [1.165, 1.54) is 18.7 Å². The normalized spacial score (nSPS) is 13.6. The lowest BCUT2D eigenvalue weighted by Gasteiger charge is -2.12. The first-order valence-corrected chi connectivity index (χ1v) is 9.64. The monoisotopic (exact) mass is 394 g/mol. The van der Waals surface area contributed by atoms with Gasteiger partial charge in [0.2, 0.25) is 5.91 Å². The van der Waals surface area contributed by atoms with Crippen LogP contribution in [0.1, 0.15) is 30.7 Å². The largest absolute Gasteiger partial charge is 0.328 e. The number of hydrogen-bond acceptors (Lipinski definition) is 5. The summed E-state index contributed by atoms with van der Waals surface area (Å²) in [6.07, 6.45) is 5.63.